The van der Waals surface area contributed by atoms with Crippen LogP contribution < -0.4 is 0 Å². The summed E-state index contributed by atoms with van der Waals surface area (Å²) in [6.45, 7) is 4.14. The number of rotatable bonds is 2. The van der Waals surface area contributed by atoms with E-state index in [1.807, 2.05) is 11.0 Å². The second-order valence-electron chi connectivity index (χ2n) is 8.18. The Morgan fingerprint density at radius 1 is 1.23 bits per heavy atom. The Balaban J connectivity index is 1.38. The molecule has 1 amide bonds. The van der Waals surface area contributed by atoms with Crippen molar-refractivity contribution in [1.82, 2.24) is 9.80 Å². The van der Waals surface area contributed by atoms with Gasteiger partial charge in [0.05, 0.1) is 12.0 Å². The molecule has 6 nitrogen and oxygen atoms in total. The Kier molecular flexibility index (Phi) is 4.94. The van der Waals surface area contributed by atoms with Crippen molar-refractivity contribution in [2.24, 2.45) is 10.3 Å². The van der Waals surface area contributed by atoms with Crippen LogP contribution in [0.1, 0.15) is 48.2 Å². The van der Waals surface area contributed by atoms with Gasteiger partial charge in [-0.05, 0) is 54.8 Å². The van der Waals surface area contributed by atoms with Crippen molar-refractivity contribution in [3.63, 3.8) is 0 Å². The lowest BCUT2D eigenvalue weighted by atomic mass is 9.91. The van der Waals surface area contributed by atoms with Gasteiger partial charge in [-0.2, -0.15) is 8.42 Å². The molecule has 0 N–H and O–H groups in total. The molecule has 1 aromatic carbocycles. The highest BCUT2D eigenvalue weighted by molar-refractivity contribution is 7.90. The van der Waals surface area contributed by atoms with Gasteiger partial charge in [0.1, 0.15) is 4.90 Å². The molecule has 0 radical (unpaired) electrons. The fourth-order valence-corrected chi connectivity index (χ4v) is 7.18. The van der Waals surface area contributed by atoms with E-state index in [9.17, 15) is 13.2 Å². The van der Waals surface area contributed by atoms with E-state index in [4.69, 9.17) is 0 Å². The minimum absolute atomic E-state index is 0.133. The van der Waals surface area contributed by atoms with E-state index in [0.29, 0.717) is 17.9 Å². The summed E-state index contributed by atoms with van der Waals surface area (Å²) >= 11 is 1.79. The quantitative estimate of drug-likeness (QED) is 0.713. The van der Waals surface area contributed by atoms with Crippen molar-refractivity contribution in [2.45, 2.75) is 43.5 Å². The van der Waals surface area contributed by atoms with Gasteiger partial charge >= 0.3 is 0 Å². The molecule has 1 aromatic heterocycles. The lowest BCUT2D eigenvalue weighted by molar-refractivity contribution is -0.140. The van der Waals surface area contributed by atoms with E-state index in [2.05, 4.69) is 27.7 Å². The number of piperidine rings is 1. The van der Waals surface area contributed by atoms with E-state index >= 15 is 0 Å². The highest BCUT2D eigenvalue weighted by atomic mass is 32.2. The topological polar surface area (TPSA) is 70.1 Å². The first kappa shape index (κ1) is 19.8. The first-order chi connectivity index (χ1) is 14.5. The molecular weight excluding hydrogens is 418 g/mol. The molecule has 5 rings (SSSR count). The van der Waals surface area contributed by atoms with Gasteiger partial charge in [0.15, 0.2) is 5.84 Å². The molecule has 2 aromatic rings. The smallest absolute Gasteiger partial charge is 0.285 e. The number of hydrogen-bond acceptors (Lipinski definition) is 5. The van der Waals surface area contributed by atoms with E-state index in [1.54, 1.807) is 29.5 Å². The first-order valence-corrected chi connectivity index (χ1v) is 12.9. The zero-order valence-corrected chi connectivity index (χ0v) is 18.6. The van der Waals surface area contributed by atoms with Gasteiger partial charge in [-0.3, -0.25) is 4.79 Å². The SMILES string of the molecule is CCC1c2ccsc2CCN1C(=O)C1CCCN(C2=NS(=O)(=O)c3ccccc32)C1. The molecule has 30 heavy (non-hydrogen) atoms. The minimum atomic E-state index is -3.65. The summed E-state index contributed by atoms with van der Waals surface area (Å²) in [6, 6.07) is 9.27. The zero-order chi connectivity index (χ0) is 20.9. The van der Waals surface area contributed by atoms with Crippen LogP contribution in [-0.4, -0.2) is 49.6 Å². The van der Waals surface area contributed by atoms with Crippen LogP contribution in [0.2, 0.25) is 0 Å². The van der Waals surface area contributed by atoms with Gasteiger partial charge in [0.25, 0.3) is 10.0 Å². The second kappa shape index (κ2) is 7.50. The summed E-state index contributed by atoms with van der Waals surface area (Å²) in [5.41, 5.74) is 1.95. The second-order valence-corrected chi connectivity index (χ2v) is 10.7. The van der Waals surface area contributed by atoms with Crippen LogP contribution in [0.25, 0.3) is 0 Å². The Morgan fingerprint density at radius 2 is 2.07 bits per heavy atom. The van der Waals surface area contributed by atoms with E-state index < -0.39 is 10.0 Å². The van der Waals surface area contributed by atoms with E-state index in [1.165, 1.54) is 10.4 Å². The molecule has 2 unspecified atom stereocenters. The molecule has 158 valence electrons. The number of nitrogens with zero attached hydrogens (tertiary/aromatic N) is 3. The first-order valence-electron chi connectivity index (χ1n) is 10.6. The van der Waals surface area contributed by atoms with Gasteiger partial charge in [-0.15, -0.1) is 15.7 Å². The van der Waals surface area contributed by atoms with Crippen LogP contribution in [0.4, 0.5) is 0 Å². The molecule has 8 heteroatoms. The summed E-state index contributed by atoms with van der Waals surface area (Å²) in [4.78, 5) is 19.3. The molecule has 0 bridgehead atoms. The number of thiophene rings is 1. The predicted molar refractivity (Wildman–Crippen MR) is 117 cm³/mol. The fraction of sp³-hybridized carbons (Fsp3) is 0.455. The molecule has 0 aliphatic carbocycles. The van der Waals surface area contributed by atoms with Crippen molar-refractivity contribution < 1.29 is 13.2 Å². The normalized spacial score (nSPS) is 24.9. The Bertz CT molecular complexity index is 1120. The van der Waals surface area contributed by atoms with Crippen LogP contribution >= 0.6 is 11.3 Å². The van der Waals surface area contributed by atoms with Crippen molar-refractivity contribution in [3.05, 3.63) is 51.7 Å². The number of amidine groups is 1. The van der Waals surface area contributed by atoms with Crippen molar-refractivity contribution >= 4 is 33.1 Å². The van der Waals surface area contributed by atoms with Crippen LogP contribution in [0.3, 0.4) is 0 Å². The molecule has 0 spiro atoms. The third kappa shape index (κ3) is 3.17. The molecular formula is C22H25N3O3S2. The summed E-state index contributed by atoms with van der Waals surface area (Å²) in [5.74, 6) is 0.554. The average Bonchev–Trinajstić information content (AvgIpc) is 3.35. The average molecular weight is 444 g/mol. The molecule has 4 heterocycles. The summed E-state index contributed by atoms with van der Waals surface area (Å²) in [7, 11) is -3.65. The predicted octanol–water partition coefficient (Wildman–Crippen LogP) is 3.45. The lowest BCUT2D eigenvalue weighted by Gasteiger charge is -2.40. The zero-order valence-electron chi connectivity index (χ0n) is 17.0. The van der Waals surface area contributed by atoms with Crippen LogP contribution in [0.15, 0.2) is 45.0 Å². The largest absolute Gasteiger partial charge is 0.355 e. The summed E-state index contributed by atoms with van der Waals surface area (Å²) < 4.78 is 29.0. The maximum absolute atomic E-state index is 13.5. The number of likely N-dealkylation sites (tertiary alicyclic amines) is 1. The number of carbonyl (C=O) groups excluding carboxylic acids is 1. The van der Waals surface area contributed by atoms with Crippen molar-refractivity contribution in [1.29, 1.82) is 0 Å². The minimum Gasteiger partial charge on any atom is -0.355 e. The van der Waals surface area contributed by atoms with Crippen LogP contribution in [0, 0.1) is 5.92 Å². The third-order valence-corrected chi connectivity index (χ3v) is 8.77. The number of benzene rings is 1. The third-order valence-electron chi connectivity index (χ3n) is 6.45. The number of carbonyl (C=O) groups is 1. The molecule has 1 fully saturated rings. The van der Waals surface area contributed by atoms with Crippen LogP contribution in [-0.2, 0) is 21.2 Å². The molecule has 1 saturated heterocycles. The van der Waals surface area contributed by atoms with E-state index in [-0.39, 0.29) is 22.8 Å². The summed E-state index contributed by atoms with van der Waals surface area (Å²) in [5, 5.41) is 2.12. The Labute approximate surface area is 181 Å². The summed E-state index contributed by atoms with van der Waals surface area (Å²) in [6.07, 6.45) is 3.51. The van der Waals surface area contributed by atoms with Gasteiger partial charge in [-0.25, -0.2) is 0 Å². The highest BCUT2D eigenvalue weighted by Gasteiger charge is 2.38. The van der Waals surface area contributed by atoms with Gasteiger partial charge in [-0.1, -0.05) is 19.1 Å². The van der Waals surface area contributed by atoms with Gasteiger partial charge in [0.2, 0.25) is 5.91 Å². The fourth-order valence-electron chi connectivity index (χ4n) is 5.02. The number of amides is 1. The lowest BCUT2D eigenvalue weighted by Crippen LogP contribution is -2.49. The number of hydrogen-bond donors (Lipinski definition) is 0. The van der Waals surface area contributed by atoms with E-state index in [0.717, 1.165) is 38.8 Å². The number of fused-ring (bicyclic) bond motifs is 2. The Morgan fingerprint density at radius 3 is 2.90 bits per heavy atom. The monoisotopic (exact) mass is 443 g/mol. The van der Waals surface area contributed by atoms with Gasteiger partial charge < -0.3 is 9.80 Å². The van der Waals surface area contributed by atoms with Crippen molar-refractivity contribution in [2.75, 3.05) is 19.6 Å². The molecule has 0 saturated carbocycles. The van der Waals surface area contributed by atoms with Gasteiger partial charge in [0, 0.05) is 30.1 Å². The molecule has 2 atom stereocenters. The number of sulfonamides is 1. The maximum Gasteiger partial charge on any atom is 0.285 e. The van der Waals surface area contributed by atoms with Crippen LogP contribution in [0.5, 0.6) is 0 Å². The molecule has 3 aliphatic rings. The maximum atomic E-state index is 13.5. The standard InChI is InChI=1S/C22H25N3O3S2/c1-2-18-16-10-13-29-19(16)9-12-25(18)22(26)15-6-5-11-24(14-15)21-17-7-3-4-8-20(17)30(27,28)23-21/h3-4,7-8,10,13,15,18H,2,5-6,9,11-12,14H2,1H3. The highest BCUT2D eigenvalue weighted by Crippen LogP contribution is 2.37. The Hall–Kier alpha value is -2.19. The van der Waals surface area contributed by atoms with Crippen molar-refractivity contribution in [3.8, 4) is 0 Å². The molecule has 3 aliphatic heterocycles.